The van der Waals surface area contributed by atoms with Gasteiger partial charge in [0.1, 0.15) is 18.1 Å². The maximum atomic E-state index is 15.0. The van der Waals surface area contributed by atoms with E-state index in [0.29, 0.717) is 23.5 Å². The number of fused-ring (bicyclic) bond motifs is 1. The molecule has 0 saturated heterocycles. The van der Waals surface area contributed by atoms with E-state index in [2.05, 4.69) is 9.98 Å². The molecule has 0 amide bonds. The topological polar surface area (TPSA) is 98.1 Å². The van der Waals surface area contributed by atoms with Gasteiger partial charge in [0.2, 0.25) is 0 Å². The predicted molar refractivity (Wildman–Crippen MR) is 128 cm³/mol. The molecule has 1 aromatic carbocycles. The van der Waals surface area contributed by atoms with Crippen LogP contribution in [0.3, 0.4) is 0 Å². The van der Waals surface area contributed by atoms with Crippen molar-refractivity contribution in [2.24, 2.45) is 10.7 Å². The molecule has 2 heterocycles. The van der Waals surface area contributed by atoms with Gasteiger partial charge in [-0.25, -0.2) is 9.37 Å². The highest BCUT2D eigenvalue weighted by Crippen LogP contribution is 2.31. The van der Waals surface area contributed by atoms with E-state index in [1.807, 2.05) is 25.1 Å². The number of rotatable bonds is 10. The molecule has 9 heteroatoms. The number of halogens is 1. The summed E-state index contributed by atoms with van der Waals surface area (Å²) in [5.41, 5.74) is 9.15. The number of aliphatic hydroxyl groups excluding tert-OH is 1. The van der Waals surface area contributed by atoms with Crippen molar-refractivity contribution in [3.63, 3.8) is 0 Å². The summed E-state index contributed by atoms with van der Waals surface area (Å²) in [5.74, 6) is 0.148. The number of nitrogens with zero attached hydrogens (tertiary/aromatic N) is 4. The Kier molecular flexibility index (Phi) is 8.02. The predicted octanol–water partition coefficient (Wildman–Crippen LogP) is 2.67. The molecule has 0 bridgehead atoms. The van der Waals surface area contributed by atoms with Gasteiger partial charge in [0.05, 0.1) is 20.8 Å². The first-order chi connectivity index (χ1) is 15.9. The number of aliphatic hydroxyl groups is 1. The van der Waals surface area contributed by atoms with E-state index in [1.165, 1.54) is 26.5 Å². The van der Waals surface area contributed by atoms with Gasteiger partial charge >= 0.3 is 0 Å². The summed E-state index contributed by atoms with van der Waals surface area (Å²) in [4.78, 5) is 11.0. The maximum absolute atomic E-state index is 15.0. The third-order valence-corrected chi connectivity index (χ3v) is 5.29. The van der Waals surface area contributed by atoms with Crippen molar-refractivity contribution in [2.45, 2.75) is 13.2 Å². The Morgan fingerprint density at radius 1 is 1.24 bits per heavy atom. The fourth-order valence-electron chi connectivity index (χ4n) is 3.51. The molecule has 0 aliphatic rings. The molecule has 8 nitrogen and oxygen atoms in total. The van der Waals surface area contributed by atoms with E-state index in [0.717, 1.165) is 28.6 Å². The van der Waals surface area contributed by atoms with Crippen molar-refractivity contribution in [2.75, 3.05) is 41.4 Å². The highest BCUT2D eigenvalue weighted by atomic mass is 19.1. The second-order valence-electron chi connectivity index (χ2n) is 7.80. The molecule has 0 aliphatic heterocycles. The Morgan fingerprint density at radius 3 is 2.67 bits per heavy atom. The molecule has 0 radical (unpaired) electrons. The van der Waals surface area contributed by atoms with E-state index in [4.69, 9.17) is 15.2 Å². The third-order valence-electron chi connectivity index (χ3n) is 5.29. The fraction of sp³-hybridized carbons (Fsp3) is 0.333. The molecule has 0 fully saturated rings. The number of benzene rings is 1. The quantitative estimate of drug-likeness (QED) is 0.456. The summed E-state index contributed by atoms with van der Waals surface area (Å²) < 4.78 is 27.0. The second-order valence-corrected chi connectivity index (χ2v) is 7.80. The number of aromatic nitrogens is 2. The molecule has 0 aliphatic carbocycles. The number of methoxy groups -OCH3 is 2. The van der Waals surface area contributed by atoms with Crippen LogP contribution in [0.5, 0.6) is 11.5 Å². The van der Waals surface area contributed by atoms with Crippen LogP contribution in [0.2, 0.25) is 0 Å². The van der Waals surface area contributed by atoms with Crippen LogP contribution in [0.1, 0.15) is 16.7 Å². The molecule has 3 rings (SSSR count). The lowest BCUT2D eigenvalue weighted by Crippen LogP contribution is -2.15. The Morgan fingerprint density at radius 2 is 2.03 bits per heavy atom. The zero-order valence-corrected chi connectivity index (χ0v) is 19.4. The number of nitrogens with two attached hydrogens (primary N) is 1. The highest BCUT2D eigenvalue weighted by Gasteiger charge is 2.17. The van der Waals surface area contributed by atoms with Crippen molar-refractivity contribution < 1.29 is 19.0 Å². The van der Waals surface area contributed by atoms with E-state index < -0.39 is 5.82 Å². The highest BCUT2D eigenvalue weighted by molar-refractivity contribution is 6.10. The van der Waals surface area contributed by atoms with Gasteiger partial charge in [0, 0.05) is 60.4 Å². The number of pyridine rings is 1. The van der Waals surface area contributed by atoms with Gasteiger partial charge in [-0.2, -0.15) is 0 Å². The van der Waals surface area contributed by atoms with E-state index in [9.17, 15) is 9.50 Å². The number of likely N-dealkylation sites (N-methyl/N-ethyl adjacent to an activating group) is 1. The number of hydrogen-bond acceptors (Lipinski definition) is 7. The van der Waals surface area contributed by atoms with Crippen molar-refractivity contribution in [1.29, 1.82) is 0 Å². The van der Waals surface area contributed by atoms with Crippen LogP contribution in [0.15, 0.2) is 41.8 Å². The molecular formula is C24H30FN5O3. The van der Waals surface area contributed by atoms with Crippen molar-refractivity contribution >= 4 is 22.8 Å². The number of aliphatic imine (C=N–C) groups is 1. The largest absolute Gasteiger partial charge is 0.497 e. The number of hydrogen-bond donors (Lipinski definition) is 2. The molecule has 0 atom stereocenters. The Bertz CT molecular complexity index is 1170. The summed E-state index contributed by atoms with van der Waals surface area (Å²) in [6.45, 7) is 1.21. The Hall–Kier alpha value is -3.43. The lowest BCUT2D eigenvalue weighted by atomic mass is 10.0. The fourth-order valence-corrected chi connectivity index (χ4v) is 3.51. The number of allylic oxidation sites excluding steroid dienone is 1. The molecular weight excluding hydrogens is 425 g/mol. The molecule has 3 aromatic rings. The van der Waals surface area contributed by atoms with Gasteiger partial charge in [-0.05, 0) is 37.4 Å². The molecule has 176 valence electrons. The van der Waals surface area contributed by atoms with Crippen LogP contribution in [0, 0.1) is 5.82 Å². The summed E-state index contributed by atoms with van der Waals surface area (Å²) >= 11 is 0. The van der Waals surface area contributed by atoms with Gasteiger partial charge < -0.3 is 29.8 Å². The minimum Gasteiger partial charge on any atom is -0.497 e. The molecule has 0 unspecified atom stereocenters. The summed E-state index contributed by atoms with van der Waals surface area (Å²) in [5, 5.41) is 10.6. The maximum Gasteiger partial charge on any atom is 0.168 e. The smallest absolute Gasteiger partial charge is 0.168 e. The molecule has 3 N–H and O–H groups in total. The molecule has 2 aromatic heterocycles. The average molecular weight is 456 g/mol. The summed E-state index contributed by atoms with van der Waals surface area (Å²) in [7, 11) is 6.91. The van der Waals surface area contributed by atoms with Crippen LogP contribution in [0.25, 0.3) is 16.6 Å². The van der Waals surface area contributed by atoms with Crippen LogP contribution in [-0.2, 0) is 13.2 Å². The average Bonchev–Trinajstić information content (AvgIpc) is 3.17. The zero-order chi connectivity index (χ0) is 24.0. The minimum absolute atomic E-state index is 0.108. The van der Waals surface area contributed by atoms with Crippen LogP contribution in [-0.4, -0.2) is 67.2 Å². The van der Waals surface area contributed by atoms with Gasteiger partial charge in [0.15, 0.2) is 11.6 Å². The molecule has 0 saturated carbocycles. The number of ether oxygens (including phenoxy) is 2. The van der Waals surface area contributed by atoms with Crippen LogP contribution < -0.4 is 15.2 Å². The lowest BCUT2D eigenvalue weighted by Gasteiger charge is -2.10. The van der Waals surface area contributed by atoms with Gasteiger partial charge in [-0.3, -0.25) is 4.99 Å². The van der Waals surface area contributed by atoms with E-state index >= 15 is 0 Å². The first kappa shape index (κ1) is 24.2. The van der Waals surface area contributed by atoms with E-state index in [-0.39, 0.29) is 18.9 Å². The van der Waals surface area contributed by atoms with Crippen LogP contribution in [0.4, 0.5) is 4.39 Å². The normalized spacial score (nSPS) is 12.3. The standard InChI is InChI=1S/C24H30FN5O3/c1-29(2)6-5-27-12-19(11-26)17-9-21-18(14-30(15-31)24(21)28-13-17)7-16-8-20(32-3)10-22(33-4)23(16)25/h8-14,31H,5-7,15,26H2,1-4H3. The van der Waals surface area contributed by atoms with E-state index in [1.54, 1.807) is 29.2 Å². The summed E-state index contributed by atoms with van der Waals surface area (Å²) in [6.07, 6.45) is 6.92. The van der Waals surface area contributed by atoms with Gasteiger partial charge in [-0.15, -0.1) is 0 Å². The second kappa shape index (κ2) is 10.9. The molecule has 33 heavy (non-hydrogen) atoms. The van der Waals surface area contributed by atoms with Crippen molar-refractivity contribution in [3.8, 4) is 11.5 Å². The van der Waals surface area contributed by atoms with Crippen LogP contribution >= 0.6 is 0 Å². The Labute approximate surface area is 192 Å². The first-order valence-electron chi connectivity index (χ1n) is 10.5. The van der Waals surface area contributed by atoms with Gasteiger partial charge in [-0.1, -0.05) is 0 Å². The SMILES string of the molecule is COc1cc(Cc2cn(CO)c3ncc(C(C=NCCN(C)C)=CN)cc23)c(F)c(OC)c1. The minimum atomic E-state index is -0.456. The lowest BCUT2D eigenvalue weighted by molar-refractivity contribution is 0.214. The Balaban J connectivity index is 2.01. The zero-order valence-electron chi connectivity index (χ0n) is 19.4. The van der Waals surface area contributed by atoms with Crippen molar-refractivity contribution in [1.82, 2.24) is 14.5 Å². The monoisotopic (exact) mass is 455 g/mol. The van der Waals surface area contributed by atoms with Crippen molar-refractivity contribution in [3.05, 3.63) is 59.3 Å². The summed E-state index contributed by atoms with van der Waals surface area (Å²) in [6, 6.07) is 5.07. The van der Waals surface area contributed by atoms with Gasteiger partial charge in [0.25, 0.3) is 0 Å². The third kappa shape index (κ3) is 5.50. The first-order valence-corrected chi connectivity index (χ1v) is 10.5. The molecule has 0 spiro atoms.